The topological polar surface area (TPSA) is 41.6 Å². The third-order valence-electron chi connectivity index (χ3n) is 8.20. The number of nitrogens with zero attached hydrogens (tertiary/aromatic N) is 3. The molecule has 8 aromatic rings. The molecule has 0 N–H and O–H groups in total. The Morgan fingerprint density at radius 2 is 1.09 bits per heavy atom. The number of rotatable bonds is 4. The SMILES string of the molecule is N#Cc1ccc(-c2cc3ccccc3cc2-c2ccc3cc(-n4c(-c5ccccc5)nc5ccccc54)ccc3c2)cc1. The molecule has 0 unspecified atom stereocenters. The molecule has 7 aromatic carbocycles. The van der Waals surface area contributed by atoms with E-state index in [2.05, 4.69) is 126 Å². The van der Waals surface area contributed by atoms with Gasteiger partial charge < -0.3 is 0 Å². The summed E-state index contributed by atoms with van der Waals surface area (Å²) in [6.07, 6.45) is 0. The van der Waals surface area contributed by atoms with E-state index in [0.717, 1.165) is 44.8 Å². The number of imidazole rings is 1. The van der Waals surface area contributed by atoms with Crippen molar-refractivity contribution in [2.75, 3.05) is 0 Å². The van der Waals surface area contributed by atoms with Crippen molar-refractivity contribution in [3.05, 3.63) is 157 Å². The summed E-state index contributed by atoms with van der Waals surface area (Å²) in [5, 5.41) is 14.1. The molecule has 3 nitrogen and oxygen atoms in total. The molecule has 0 aliphatic carbocycles. The van der Waals surface area contributed by atoms with Crippen molar-refractivity contribution in [2.24, 2.45) is 0 Å². The second-order valence-corrected chi connectivity index (χ2v) is 10.8. The fraction of sp³-hybridized carbons (Fsp3) is 0. The van der Waals surface area contributed by atoms with E-state index in [9.17, 15) is 5.26 Å². The first-order valence-corrected chi connectivity index (χ1v) is 14.4. The minimum Gasteiger partial charge on any atom is -0.292 e. The summed E-state index contributed by atoms with van der Waals surface area (Å²) in [6.45, 7) is 0. The summed E-state index contributed by atoms with van der Waals surface area (Å²) in [6, 6.07) is 55.1. The maximum absolute atomic E-state index is 9.32. The van der Waals surface area contributed by atoms with Crippen LogP contribution in [-0.4, -0.2) is 9.55 Å². The number of hydrogen-bond acceptors (Lipinski definition) is 2. The van der Waals surface area contributed by atoms with Crippen LogP contribution in [0.4, 0.5) is 0 Å². The normalized spacial score (nSPS) is 11.2. The van der Waals surface area contributed by atoms with Gasteiger partial charge in [-0.2, -0.15) is 5.26 Å². The molecule has 0 saturated heterocycles. The zero-order valence-corrected chi connectivity index (χ0v) is 23.3. The summed E-state index contributed by atoms with van der Waals surface area (Å²) in [5.74, 6) is 0.931. The first kappa shape index (κ1) is 24.8. The molecule has 43 heavy (non-hydrogen) atoms. The maximum Gasteiger partial charge on any atom is 0.145 e. The van der Waals surface area contributed by atoms with E-state index < -0.39 is 0 Å². The highest BCUT2D eigenvalue weighted by Gasteiger charge is 2.15. The Bertz CT molecular complexity index is 2340. The maximum atomic E-state index is 9.32. The van der Waals surface area contributed by atoms with Crippen LogP contribution in [0.2, 0.25) is 0 Å². The highest BCUT2D eigenvalue weighted by molar-refractivity contribution is 5.99. The summed E-state index contributed by atoms with van der Waals surface area (Å²) >= 11 is 0. The van der Waals surface area contributed by atoms with E-state index in [-0.39, 0.29) is 0 Å². The van der Waals surface area contributed by atoms with Gasteiger partial charge in [-0.05, 0) is 98.4 Å². The van der Waals surface area contributed by atoms with Gasteiger partial charge in [-0.3, -0.25) is 4.57 Å². The number of nitriles is 1. The number of fused-ring (bicyclic) bond motifs is 3. The van der Waals surface area contributed by atoms with Gasteiger partial charge in [0.2, 0.25) is 0 Å². The lowest BCUT2D eigenvalue weighted by molar-refractivity contribution is 1.11. The van der Waals surface area contributed by atoms with Crippen molar-refractivity contribution in [1.82, 2.24) is 9.55 Å². The van der Waals surface area contributed by atoms with Crippen LogP contribution in [0.3, 0.4) is 0 Å². The molecule has 1 aromatic heterocycles. The van der Waals surface area contributed by atoms with Gasteiger partial charge in [0, 0.05) is 11.3 Å². The van der Waals surface area contributed by atoms with Crippen molar-refractivity contribution in [2.45, 2.75) is 0 Å². The van der Waals surface area contributed by atoms with Crippen LogP contribution in [0.15, 0.2) is 152 Å². The molecule has 0 bridgehead atoms. The lowest BCUT2D eigenvalue weighted by Crippen LogP contribution is -1.97. The van der Waals surface area contributed by atoms with Gasteiger partial charge >= 0.3 is 0 Å². The molecule has 0 aliphatic rings. The number of para-hydroxylation sites is 2. The van der Waals surface area contributed by atoms with Crippen LogP contribution in [0.5, 0.6) is 0 Å². The first-order chi connectivity index (χ1) is 21.2. The lowest BCUT2D eigenvalue weighted by atomic mass is 9.90. The minimum absolute atomic E-state index is 0.661. The molecule has 0 amide bonds. The first-order valence-electron chi connectivity index (χ1n) is 14.4. The van der Waals surface area contributed by atoms with Gasteiger partial charge in [-0.15, -0.1) is 0 Å². The van der Waals surface area contributed by atoms with Gasteiger partial charge in [0.1, 0.15) is 5.82 Å². The summed E-state index contributed by atoms with van der Waals surface area (Å²) in [4.78, 5) is 5.01. The Morgan fingerprint density at radius 3 is 1.86 bits per heavy atom. The van der Waals surface area contributed by atoms with E-state index in [4.69, 9.17) is 4.98 Å². The quantitative estimate of drug-likeness (QED) is 0.220. The van der Waals surface area contributed by atoms with Crippen molar-refractivity contribution >= 4 is 32.6 Å². The van der Waals surface area contributed by atoms with Crippen molar-refractivity contribution < 1.29 is 0 Å². The number of benzene rings is 7. The van der Waals surface area contributed by atoms with Crippen molar-refractivity contribution in [3.8, 4) is 45.4 Å². The predicted octanol–water partition coefficient (Wildman–Crippen LogP) is 10.2. The van der Waals surface area contributed by atoms with E-state index in [1.807, 2.05) is 36.4 Å². The Balaban J connectivity index is 1.28. The molecule has 0 saturated carbocycles. The number of aromatic nitrogens is 2. The van der Waals surface area contributed by atoms with Crippen LogP contribution in [0.1, 0.15) is 5.56 Å². The monoisotopic (exact) mass is 547 g/mol. The average Bonchev–Trinajstić information content (AvgIpc) is 3.47. The van der Waals surface area contributed by atoms with E-state index in [1.165, 1.54) is 27.1 Å². The lowest BCUT2D eigenvalue weighted by Gasteiger charge is -2.15. The molecular weight excluding hydrogens is 522 g/mol. The average molecular weight is 548 g/mol. The molecule has 0 aliphatic heterocycles. The molecule has 0 radical (unpaired) electrons. The Labute approximate surface area is 249 Å². The molecule has 0 spiro atoms. The summed E-state index contributed by atoms with van der Waals surface area (Å²) in [7, 11) is 0. The Hall–Kier alpha value is -5.98. The van der Waals surface area contributed by atoms with Gasteiger partial charge in [-0.1, -0.05) is 97.1 Å². The highest BCUT2D eigenvalue weighted by atomic mass is 15.1. The molecular formula is C40H25N3. The van der Waals surface area contributed by atoms with E-state index in [1.54, 1.807) is 0 Å². The van der Waals surface area contributed by atoms with Crippen LogP contribution in [-0.2, 0) is 0 Å². The zero-order valence-electron chi connectivity index (χ0n) is 23.3. The fourth-order valence-electron chi connectivity index (χ4n) is 6.05. The Morgan fingerprint density at radius 1 is 0.488 bits per heavy atom. The van der Waals surface area contributed by atoms with E-state index in [0.29, 0.717) is 5.56 Å². The third kappa shape index (κ3) is 4.34. The highest BCUT2D eigenvalue weighted by Crippen LogP contribution is 2.38. The standard InChI is InChI=1S/C40H25N3/c41-26-27-14-16-28(17-15-27)36-24-30-10-4-5-11-31(30)25-37(36)34-19-18-33-23-35(21-20-32(33)22-34)43-39-13-7-6-12-38(39)42-40(43)29-8-2-1-3-9-29/h1-25H. The largest absolute Gasteiger partial charge is 0.292 e. The smallest absolute Gasteiger partial charge is 0.145 e. The zero-order chi connectivity index (χ0) is 28.8. The molecule has 8 rings (SSSR count). The van der Waals surface area contributed by atoms with Gasteiger partial charge in [-0.25, -0.2) is 4.98 Å². The van der Waals surface area contributed by atoms with Gasteiger partial charge in [0.15, 0.2) is 0 Å². The summed E-state index contributed by atoms with van der Waals surface area (Å²) in [5.41, 5.74) is 9.45. The van der Waals surface area contributed by atoms with E-state index >= 15 is 0 Å². The second-order valence-electron chi connectivity index (χ2n) is 10.8. The molecule has 0 fully saturated rings. The minimum atomic E-state index is 0.661. The van der Waals surface area contributed by atoms with Crippen LogP contribution in [0, 0.1) is 11.3 Å². The van der Waals surface area contributed by atoms with Crippen LogP contribution < -0.4 is 0 Å². The van der Waals surface area contributed by atoms with Crippen LogP contribution >= 0.6 is 0 Å². The van der Waals surface area contributed by atoms with Gasteiger partial charge in [0.05, 0.1) is 22.7 Å². The third-order valence-corrected chi connectivity index (χ3v) is 8.20. The number of hydrogen-bond donors (Lipinski definition) is 0. The Kier molecular flexibility index (Phi) is 5.84. The van der Waals surface area contributed by atoms with Gasteiger partial charge in [0.25, 0.3) is 0 Å². The predicted molar refractivity (Wildman–Crippen MR) is 177 cm³/mol. The summed E-state index contributed by atoms with van der Waals surface area (Å²) < 4.78 is 2.25. The molecule has 1 heterocycles. The van der Waals surface area contributed by atoms with Crippen molar-refractivity contribution in [3.63, 3.8) is 0 Å². The molecule has 200 valence electrons. The fourth-order valence-corrected chi connectivity index (χ4v) is 6.05. The second kappa shape index (κ2) is 10.1. The van der Waals surface area contributed by atoms with Crippen LogP contribution in [0.25, 0.3) is 71.9 Å². The molecule has 0 atom stereocenters. The molecule has 3 heteroatoms. The van der Waals surface area contributed by atoms with Crippen molar-refractivity contribution in [1.29, 1.82) is 5.26 Å².